The molecule has 1 atom stereocenters. The van der Waals surface area contributed by atoms with Crippen LogP contribution in [0.1, 0.15) is 19.3 Å². The number of carboxylic acid groups (broad SMARTS) is 1. The molecule has 0 spiro atoms. The number of carbonyl (C=O) groups excluding carboxylic acids is 2. The first kappa shape index (κ1) is 16.8. The summed E-state index contributed by atoms with van der Waals surface area (Å²) in [4.78, 5) is 39.2. The van der Waals surface area contributed by atoms with Crippen LogP contribution in [0.4, 0.5) is 5.69 Å². The van der Waals surface area contributed by atoms with E-state index in [0.717, 1.165) is 0 Å². The molecule has 0 unspecified atom stereocenters. The molecule has 0 radical (unpaired) electrons. The molecule has 1 aromatic carbocycles. The average Bonchev–Trinajstić information content (AvgIpc) is 2.96. The Morgan fingerprint density at radius 2 is 1.79 bits per heavy atom. The van der Waals surface area contributed by atoms with E-state index < -0.39 is 11.9 Å². The second-order valence-electron chi connectivity index (χ2n) is 6.29. The van der Waals surface area contributed by atoms with Gasteiger partial charge in [-0.25, -0.2) is 0 Å². The number of piperidine rings is 1. The van der Waals surface area contributed by atoms with Crippen LogP contribution in [0, 0.1) is 11.8 Å². The van der Waals surface area contributed by atoms with Crippen molar-refractivity contribution in [2.75, 3.05) is 24.5 Å². The van der Waals surface area contributed by atoms with Crippen molar-refractivity contribution in [1.29, 1.82) is 0 Å². The number of para-hydroxylation sites is 1. The summed E-state index contributed by atoms with van der Waals surface area (Å²) in [5, 5.41) is 9.52. The van der Waals surface area contributed by atoms with Crippen LogP contribution in [0.2, 0.25) is 5.02 Å². The van der Waals surface area contributed by atoms with Crippen LogP contribution in [0.15, 0.2) is 24.3 Å². The van der Waals surface area contributed by atoms with E-state index in [-0.39, 0.29) is 24.2 Å². The van der Waals surface area contributed by atoms with Crippen molar-refractivity contribution in [2.24, 2.45) is 11.8 Å². The van der Waals surface area contributed by atoms with Gasteiger partial charge in [-0.2, -0.15) is 0 Å². The van der Waals surface area contributed by atoms with Crippen molar-refractivity contribution in [3.8, 4) is 0 Å². The maximum atomic E-state index is 12.7. The molecular weight excluding hydrogens is 332 g/mol. The first-order valence-corrected chi connectivity index (χ1v) is 8.41. The Hall–Kier alpha value is -2.08. The van der Waals surface area contributed by atoms with Gasteiger partial charge in [0, 0.05) is 26.1 Å². The molecular formula is C17H19ClN2O4. The monoisotopic (exact) mass is 350 g/mol. The fourth-order valence-electron chi connectivity index (χ4n) is 3.38. The van der Waals surface area contributed by atoms with Gasteiger partial charge in [-0.05, 0) is 25.0 Å². The van der Waals surface area contributed by atoms with Crippen molar-refractivity contribution in [2.45, 2.75) is 19.3 Å². The maximum Gasteiger partial charge on any atom is 0.306 e. The topological polar surface area (TPSA) is 77.9 Å². The highest BCUT2D eigenvalue weighted by Gasteiger charge is 2.39. The van der Waals surface area contributed by atoms with Gasteiger partial charge in [-0.3, -0.25) is 14.4 Å². The summed E-state index contributed by atoms with van der Waals surface area (Å²) in [6.07, 6.45) is 1.11. The van der Waals surface area contributed by atoms with Crippen LogP contribution < -0.4 is 4.90 Å². The second-order valence-corrected chi connectivity index (χ2v) is 6.70. The molecule has 0 aromatic heterocycles. The van der Waals surface area contributed by atoms with Crippen LogP contribution in [0.25, 0.3) is 0 Å². The van der Waals surface area contributed by atoms with E-state index in [0.29, 0.717) is 43.2 Å². The first-order valence-electron chi connectivity index (χ1n) is 8.04. The van der Waals surface area contributed by atoms with Gasteiger partial charge in [0.15, 0.2) is 0 Å². The van der Waals surface area contributed by atoms with Crippen LogP contribution in [-0.2, 0) is 14.4 Å². The van der Waals surface area contributed by atoms with Crippen molar-refractivity contribution in [3.05, 3.63) is 29.3 Å². The molecule has 2 heterocycles. The largest absolute Gasteiger partial charge is 0.481 e. The standard InChI is InChI=1S/C17H19ClN2O4/c18-13-3-1-2-4-14(13)20-10-12(9-15(20)21)16(22)19-7-5-11(6-8-19)17(23)24/h1-4,11-12H,5-10H2,(H,23,24)/t12-/m0/s1. The Labute approximate surface area is 145 Å². The van der Waals surface area contributed by atoms with Crippen LogP contribution in [-0.4, -0.2) is 47.4 Å². The van der Waals surface area contributed by atoms with E-state index in [2.05, 4.69) is 0 Å². The summed E-state index contributed by atoms with van der Waals surface area (Å²) < 4.78 is 0. The predicted molar refractivity (Wildman–Crippen MR) is 88.9 cm³/mol. The van der Waals surface area contributed by atoms with Gasteiger partial charge in [0.1, 0.15) is 0 Å². The molecule has 1 N–H and O–H groups in total. The average molecular weight is 351 g/mol. The minimum atomic E-state index is -0.803. The number of benzene rings is 1. The molecule has 0 saturated carbocycles. The lowest BCUT2D eigenvalue weighted by molar-refractivity contribution is -0.146. The molecule has 24 heavy (non-hydrogen) atoms. The highest BCUT2D eigenvalue weighted by molar-refractivity contribution is 6.33. The quantitative estimate of drug-likeness (QED) is 0.904. The zero-order valence-corrected chi connectivity index (χ0v) is 13.9. The molecule has 6 nitrogen and oxygen atoms in total. The molecule has 1 aromatic rings. The number of rotatable bonds is 3. The third-order valence-corrected chi connectivity index (χ3v) is 5.09. The number of hydrogen-bond donors (Lipinski definition) is 1. The summed E-state index contributed by atoms with van der Waals surface area (Å²) in [5.74, 6) is -1.75. The number of halogens is 1. The Balaban J connectivity index is 1.65. The van der Waals surface area contributed by atoms with E-state index >= 15 is 0 Å². The summed E-state index contributed by atoms with van der Waals surface area (Å²) in [7, 11) is 0. The Morgan fingerprint density at radius 1 is 1.12 bits per heavy atom. The number of hydrogen-bond acceptors (Lipinski definition) is 3. The molecule has 2 fully saturated rings. The highest BCUT2D eigenvalue weighted by atomic mass is 35.5. The molecule has 3 rings (SSSR count). The summed E-state index contributed by atoms with van der Waals surface area (Å²) >= 11 is 6.15. The Bertz CT molecular complexity index is 670. The molecule has 2 amide bonds. The van der Waals surface area contributed by atoms with Crippen LogP contribution in [0.5, 0.6) is 0 Å². The number of carboxylic acids is 1. The summed E-state index contributed by atoms with van der Waals surface area (Å²) in [6.45, 7) is 1.19. The number of anilines is 1. The third-order valence-electron chi connectivity index (χ3n) is 4.77. The van der Waals surface area contributed by atoms with Crippen molar-refractivity contribution >= 4 is 35.1 Å². The van der Waals surface area contributed by atoms with Gasteiger partial charge < -0.3 is 14.9 Å². The smallest absolute Gasteiger partial charge is 0.306 e. The lowest BCUT2D eigenvalue weighted by Crippen LogP contribution is -2.43. The van der Waals surface area contributed by atoms with Crippen molar-refractivity contribution < 1.29 is 19.5 Å². The molecule has 0 aliphatic carbocycles. The second kappa shape index (κ2) is 6.81. The third kappa shape index (κ3) is 3.24. The molecule has 2 saturated heterocycles. The minimum absolute atomic E-state index is 0.0678. The number of aliphatic carboxylic acids is 1. The molecule has 0 bridgehead atoms. The number of carbonyl (C=O) groups is 3. The van der Waals surface area contributed by atoms with Gasteiger partial charge in [0.25, 0.3) is 0 Å². The lowest BCUT2D eigenvalue weighted by atomic mass is 9.95. The van der Waals surface area contributed by atoms with E-state index in [4.69, 9.17) is 16.7 Å². The normalized spacial score (nSPS) is 22.0. The van der Waals surface area contributed by atoms with Crippen LogP contribution in [0.3, 0.4) is 0 Å². The van der Waals surface area contributed by atoms with Gasteiger partial charge in [0.05, 0.1) is 22.5 Å². The van der Waals surface area contributed by atoms with E-state index in [1.54, 1.807) is 34.1 Å². The van der Waals surface area contributed by atoms with Gasteiger partial charge >= 0.3 is 5.97 Å². The first-order chi connectivity index (χ1) is 11.5. The van der Waals surface area contributed by atoms with E-state index in [1.165, 1.54) is 0 Å². The zero-order chi connectivity index (χ0) is 17.3. The molecule has 2 aliphatic heterocycles. The Morgan fingerprint density at radius 3 is 2.42 bits per heavy atom. The molecule has 2 aliphatic rings. The van der Waals surface area contributed by atoms with Gasteiger partial charge in [-0.1, -0.05) is 23.7 Å². The maximum absolute atomic E-state index is 12.7. The summed E-state index contributed by atoms with van der Waals surface area (Å²) in [6, 6.07) is 7.09. The van der Waals surface area contributed by atoms with Crippen molar-refractivity contribution in [1.82, 2.24) is 4.90 Å². The SMILES string of the molecule is O=C(O)C1CCN(C(=O)[C@H]2CC(=O)N(c3ccccc3Cl)C2)CC1. The fraction of sp³-hybridized carbons (Fsp3) is 0.471. The molecule has 7 heteroatoms. The number of nitrogens with zero attached hydrogens (tertiary/aromatic N) is 2. The van der Waals surface area contributed by atoms with Crippen LogP contribution >= 0.6 is 11.6 Å². The highest BCUT2D eigenvalue weighted by Crippen LogP contribution is 2.32. The van der Waals surface area contributed by atoms with Gasteiger partial charge in [0.2, 0.25) is 11.8 Å². The fourth-order valence-corrected chi connectivity index (χ4v) is 3.62. The molecule has 128 valence electrons. The number of amides is 2. The predicted octanol–water partition coefficient (Wildman–Crippen LogP) is 2.02. The van der Waals surface area contributed by atoms with E-state index in [9.17, 15) is 14.4 Å². The minimum Gasteiger partial charge on any atom is -0.481 e. The zero-order valence-electron chi connectivity index (χ0n) is 13.2. The van der Waals surface area contributed by atoms with Crippen molar-refractivity contribution in [3.63, 3.8) is 0 Å². The Kier molecular flexibility index (Phi) is 4.76. The lowest BCUT2D eigenvalue weighted by Gasteiger charge is -2.31. The number of likely N-dealkylation sites (tertiary alicyclic amines) is 1. The summed E-state index contributed by atoms with van der Waals surface area (Å²) in [5.41, 5.74) is 0.629. The van der Waals surface area contributed by atoms with E-state index in [1.807, 2.05) is 0 Å². The van der Waals surface area contributed by atoms with Gasteiger partial charge in [-0.15, -0.1) is 0 Å².